The highest BCUT2D eigenvalue weighted by atomic mass is 16.5. The Morgan fingerprint density at radius 1 is 1.24 bits per heavy atom. The minimum atomic E-state index is 0.681. The molecule has 1 unspecified atom stereocenters. The summed E-state index contributed by atoms with van der Waals surface area (Å²) in [5.74, 6) is 2.14. The van der Waals surface area contributed by atoms with Gasteiger partial charge in [-0.25, -0.2) is 0 Å². The number of nitrogens with two attached hydrogens (primary N) is 1. The van der Waals surface area contributed by atoms with Crippen molar-refractivity contribution in [3.8, 4) is 11.5 Å². The number of nitrogens with zero attached hydrogens (tertiary/aromatic N) is 1. The number of methoxy groups -OCH3 is 2. The molecule has 1 heterocycles. The van der Waals surface area contributed by atoms with Gasteiger partial charge in [-0.1, -0.05) is 6.92 Å². The van der Waals surface area contributed by atoms with Crippen molar-refractivity contribution in [1.82, 2.24) is 0 Å². The zero-order valence-electron chi connectivity index (χ0n) is 10.7. The van der Waals surface area contributed by atoms with E-state index in [4.69, 9.17) is 15.2 Å². The van der Waals surface area contributed by atoms with E-state index in [1.807, 2.05) is 12.1 Å². The molecular formula is C13H20N2O2. The summed E-state index contributed by atoms with van der Waals surface area (Å²) in [6, 6.07) is 3.80. The van der Waals surface area contributed by atoms with Gasteiger partial charge in [0.2, 0.25) is 0 Å². The lowest BCUT2D eigenvalue weighted by Gasteiger charge is -2.22. The molecule has 2 rings (SSSR count). The molecule has 0 radical (unpaired) electrons. The summed E-state index contributed by atoms with van der Waals surface area (Å²) in [7, 11) is 3.26. The van der Waals surface area contributed by atoms with Crippen LogP contribution in [0.2, 0.25) is 0 Å². The summed E-state index contributed by atoms with van der Waals surface area (Å²) in [4.78, 5) is 2.31. The largest absolute Gasteiger partial charge is 0.493 e. The van der Waals surface area contributed by atoms with E-state index < -0.39 is 0 Å². The molecule has 0 saturated carbocycles. The van der Waals surface area contributed by atoms with Gasteiger partial charge < -0.3 is 20.1 Å². The van der Waals surface area contributed by atoms with Gasteiger partial charge in [-0.05, 0) is 12.3 Å². The zero-order chi connectivity index (χ0) is 12.4. The number of benzene rings is 1. The van der Waals surface area contributed by atoms with E-state index in [1.54, 1.807) is 14.2 Å². The topological polar surface area (TPSA) is 47.7 Å². The molecule has 1 aromatic rings. The van der Waals surface area contributed by atoms with Crippen LogP contribution in [0, 0.1) is 5.92 Å². The van der Waals surface area contributed by atoms with Crippen LogP contribution < -0.4 is 20.1 Å². The van der Waals surface area contributed by atoms with Crippen molar-refractivity contribution >= 4 is 11.4 Å². The molecule has 0 spiro atoms. The fourth-order valence-corrected chi connectivity index (χ4v) is 2.31. The zero-order valence-corrected chi connectivity index (χ0v) is 10.7. The number of nitrogen functional groups attached to an aromatic ring is 1. The number of ether oxygens (including phenoxy) is 2. The van der Waals surface area contributed by atoms with E-state index in [0.717, 1.165) is 36.1 Å². The number of rotatable bonds is 3. The van der Waals surface area contributed by atoms with Gasteiger partial charge in [-0.15, -0.1) is 0 Å². The van der Waals surface area contributed by atoms with Gasteiger partial charge in [0.15, 0.2) is 11.5 Å². The number of anilines is 2. The molecule has 4 heteroatoms. The van der Waals surface area contributed by atoms with Gasteiger partial charge in [0.05, 0.1) is 25.6 Å². The maximum absolute atomic E-state index is 6.07. The Balaban J connectivity index is 2.34. The summed E-state index contributed by atoms with van der Waals surface area (Å²) >= 11 is 0. The maximum Gasteiger partial charge on any atom is 0.162 e. The Hall–Kier alpha value is -1.58. The van der Waals surface area contributed by atoms with Crippen molar-refractivity contribution in [2.45, 2.75) is 13.3 Å². The second kappa shape index (κ2) is 4.73. The molecule has 0 aromatic heterocycles. The van der Waals surface area contributed by atoms with Crippen LogP contribution in [0.25, 0.3) is 0 Å². The summed E-state index contributed by atoms with van der Waals surface area (Å²) in [6.07, 6.45) is 1.22. The van der Waals surface area contributed by atoms with Gasteiger partial charge in [0, 0.05) is 25.2 Å². The molecule has 1 saturated heterocycles. The predicted octanol–water partition coefficient (Wildman–Crippen LogP) is 2.13. The standard InChI is InChI=1S/C13H20N2O2/c1-9-4-5-15(8-9)11-7-13(17-3)12(16-2)6-10(11)14/h6-7,9H,4-5,8,14H2,1-3H3. The van der Waals surface area contributed by atoms with E-state index in [0.29, 0.717) is 5.75 Å². The third-order valence-corrected chi connectivity index (χ3v) is 3.30. The SMILES string of the molecule is COc1cc(N)c(N2CCC(C)C2)cc1OC. The first-order valence-corrected chi connectivity index (χ1v) is 5.92. The Morgan fingerprint density at radius 3 is 2.41 bits per heavy atom. The molecule has 94 valence electrons. The lowest BCUT2D eigenvalue weighted by molar-refractivity contribution is 0.355. The monoisotopic (exact) mass is 236 g/mol. The van der Waals surface area contributed by atoms with Gasteiger partial charge in [0.1, 0.15) is 0 Å². The average Bonchev–Trinajstić information content (AvgIpc) is 2.75. The van der Waals surface area contributed by atoms with E-state index in [9.17, 15) is 0 Å². The Morgan fingerprint density at radius 2 is 1.88 bits per heavy atom. The van der Waals surface area contributed by atoms with Gasteiger partial charge in [-0.2, -0.15) is 0 Å². The molecule has 0 aliphatic carbocycles. The molecule has 0 amide bonds. The molecule has 4 nitrogen and oxygen atoms in total. The highest BCUT2D eigenvalue weighted by molar-refractivity contribution is 5.73. The summed E-state index contributed by atoms with van der Waals surface area (Å²) in [5, 5.41) is 0. The van der Waals surface area contributed by atoms with Crippen LogP contribution in [0.3, 0.4) is 0 Å². The van der Waals surface area contributed by atoms with Crippen LogP contribution in [0.5, 0.6) is 11.5 Å². The summed E-state index contributed by atoms with van der Waals surface area (Å²) in [5.41, 5.74) is 7.86. The van der Waals surface area contributed by atoms with E-state index in [-0.39, 0.29) is 0 Å². The maximum atomic E-state index is 6.07. The number of hydrogen-bond acceptors (Lipinski definition) is 4. The lowest BCUT2D eigenvalue weighted by atomic mass is 10.2. The second-order valence-corrected chi connectivity index (χ2v) is 4.61. The smallest absolute Gasteiger partial charge is 0.162 e. The lowest BCUT2D eigenvalue weighted by Crippen LogP contribution is -2.20. The molecule has 1 fully saturated rings. The molecule has 0 bridgehead atoms. The molecule has 1 aliphatic heterocycles. The fourth-order valence-electron chi connectivity index (χ4n) is 2.31. The minimum Gasteiger partial charge on any atom is -0.493 e. The van der Waals surface area contributed by atoms with Crippen molar-refractivity contribution in [3.63, 3.8) is 0 Å². The first-order chi connectivity index (χ1) is 8.15. The predicted molar refractivity (Wildman–Crippen MR) is 70.0 cm³/mol. The van der Waals surface area contributed by atoms with Crippen LogP contribution in [-0.4, -0.2) is 27.3 Å². The summed E-state index contributed by atoms with van der Waals surface area (Å²) in [6.45, 7) is 4.37. The van der Waals surface area contributed by atoms with Crippen molar-refractivity contribution in [2.75, 3.05) is 37.9 Å². The van der Waals surface area contributed by atoms with E-state index >= 15 is 0 Å². The fraction of sp³-hybridized carbons (Fsp3) is 0.538. The van der Waals surface area contributed by atoms with Gasteiger partial charge in [0.25, 0.3) is 0 Å². The van der Waals surface area contributed by atoms with Crippen LogP contribution in [0.4, 0.5) is 11.4 Å². The first kappa shape index (κ1) is 11.9. The normalized spacial score (nSPS) is 19.5. The molecule has 2 N–H and O–H groups in total. The van der Waals surface area contributed by atoms with Crippen molar-refractivity contribution in [1.29, 1.82) is 0 Å². The average molecular weight is 236 g/mol. The Kier molecular flexibility index (Phi) is 3.31. The molecular weight excluding hydrogens is 216 g/mol. The summed E-state index contributed by atoms with van der Waals surface area (Å²) < 4.78 is 10.5. The molecule has 17 heavy (non-hydrogen) atoms. The quantitative estimate of drug-likeness (QED) is 0.817. The Bertz CT molecular complexity index is 407. The van der Waals surface area contributed by atoms with Gasteiger partial charge >= 0.3 is 0 Å². The van der Waals surface area contributed by atoms with Crippen molar-refractivity contribution in [2.24, 2.45) is 5.92 Å². The van der Waals surface area contributed by atoms with E-state index in [2.05, 4.69) is 11.8 Å². The molecule has 1 aromatic carbocycles. The Labute approximate surface area is 102 Å². The van der Waals surface area contributed by atoms with E-state index in [1.165, 1.54) is 6.42 Å². The van der Waals surface area contributed by atoms with Crippen LogP contribution in [-0.2, 0) is 0 Å². The third-order valence-electron chi connectivity index (χ3n) is 3.30. The second-order valence-electron chi connectivity index (χ2n) is 4.61. The van der Waals surface area contributed by atoms with Crippen LogP contribution in [0.1, 0.15) is 13.3 Å². The van der Waals surface area contributed by atoms with Crippen LogP contribution >= 0.6 is 0 Å². The highest BCUT2D eigenvalue weighted by Crippen LogP contribution is 2.38. The van der Waals surface area contributed by atoms with Crippen LogP contribution in [0.15, 0.2) is 12.1 Å². The van der Waals surface area contributed by atoms with Gasteiger partial charge in [-0.3, -0.25) is 0 Å². The minimum absolute atomic E-state index is 0.681. The van der Waals surface area contributed by atoms with Crippen molar-refractivity contribution in [3.05, 3.63) is 12.1 Å². The third kappa shape index (κ3) is 2.25. The first-order valence-electron chi connectivity index (χ1n) is 5.92. The molecule has 1 aliphatic rings. The highest BCUT2D eigenvalue weighted by Gasteiger charge is 2.22. The number of hydrogen-bond donors (Lipinski definition) is 1. The van der Waals surface area contributed by atoms with Crippen molar-refractivity contribution < 1.29 is 9.47 Å². The molecule has 1 atom stereocenters.